The van der Waals surface area contributed by atoms with Gasteiger partial charge in [-0.05, 0) is 32.0 Å². The van der Waals surface area contributed by atoms with Crippen molar-refractivity contribution in [2.75, 3.05) is 12.4 Å². The van der Waals surface area contributed by atoms with Crippen LogP contribution in [0.5, 0.6) is 11.5 Å². The van der Waals surface area contributed by atoms with Crippen LogP contribution < -0.4 is 14.8 Å². The van der Waals surface area contributed by atoms with E-state index in [0.717, 1.165) is 22.8 Å². The zero-order valence-electron chi connectivity index (χ0n) is 15.1. The zero-order chi connectivity index (χ0) is 18.7. The first-order chi connectivity index (χ1) is 12.5. The molecular weight excluding hydrogens is 352 g/mol. The number of nitrogens with zero attached hydrogens (tertiary/aromatic N) is 3. The summed E-state index contributed by atoms with van der Waals surface area (Å²) in [6.45, 7) is 4.11. The fraction of sp³-hybridized carbons (Fsp3) is 0.278. The number of benzene rings is 1. The Labute approximate surface area is 155 Å². The number of hydrogen-bond acceptors (Lipinski definition) is 6. The third kappa shape index (κ3) is 3.70. The van der Waals surface area contributed by atoms with Crippen LogP contribution in [-0.4, -0.2) is 27.8 Å². The SMILES string of the molecule is COc1cc(C(=O)Nc2c(C)nn(C)c2C)ccc1OCc1cscn1. The molecule has 26 heavy (non-hydrogen) atoms. The van der Waals surface area contributed by atoms with E-state index in [2.05, 4.69) is 15.4 Å². The Morgan fingerprint density at radius 2 is 2.12 bits per heavy atom. The Bertz CT molecular complexity index is 919. The van der Waals surface area contributed by atoms with Gasteiger partial charge in [0.2, 0.25) is 0 Å². The number of methoxy groups -OCH3 is 1. The lowest BCUT2D eigenvalue weighted by Crippen LogP contribution is -2.13. The molecule has 0 atom stereocenters. The van der Waals surface area contributed by atoms with E-state index in [-0.39, 0.29) is 5.91 Å². The largest absolute Gasteiger partial charge is 0.493 e. The summed E-state index contributed by atoms with van der Waals surface area (Å²) in [5.41, 5.74) is 5.47. The quantitative estimate of drug-likeness (QED) is 0.718. The number of aryl methyl sites for hydroxylation is 2. The van der Waals surface area contributed by atoms with E-state index in [0.29, 0.717) is 23.7 Å². The van der Waals surface area contributed by atoms with Crippen LogP contribution in [0, 0.1) is 13.8 Å². The Balaban J connectivity index is 1.76. The van der Waals surface area contributed by atoms with Crippen LogP contribution in [0.1, 0.15) is 27.4 Å². The Kier molecular flexibility index (Phi) is 5.22. The average molecular weight is 372 g/mol. The molecule has 0 saturated carbocycles. The molecule has 2 heterocycles. The maximum Gasteiger partial charge on any atom is 0.255 e. The molecule has 1 aromatic carbocycles. The highest BCUT2D eigenvalue weighted by Crippen LogP contribution is 2.29. The number of amides is 1. The highest BCUT2D eigenvalue weighted by Gasteiger charge is 2.16. The fourth-order valence-electron chi connectivity index (χ4n) is 2.53. The fourth-order valence-corrected chi connectivity index (χ4v) is 3.07. The number of rotatable bonds is 6. The molecule has 3 rings (SSSR count). The summed E-state index contributed by atoms with van der Waals surface area (Å²) in [7, 11) is 3.39. The molecule has 3 aromatic rings. The second kappa shape index (κ2) is 7.57. The van der Waals surface area contributed by atoms with Crippen molar-refractivity contribution in [2.24, 2.45) is 7.05 Å². The molecule has 0 aliphatic carbocycles. The first-order valence-electron chi connectivity index (χ1n) is 7.99. The minimum absolute atomic E-state index is 0.228. The molecule has 0 aliphatic rings. The van der Waals surface area contributed by atoms with Crippen molar-refractivity contribution in [3.05, 3.63) is 51.7 Å². The van der Waals surface area contributed by atoms with E-state index in [1.54, 1.807) is 35.5 Å². The average Bonchev–Trinajstić information content (AvgIpc) is 3.24. The van der Waals surface area contributed by atoms with Crippen LogP contribution in [0.2, 0.25) is 0 Å². The van der Waals surface area contributed by atoms with Gasteiger partial charge < -0.3 is 14.8 Å². The maximum absolute atomic E-state index is 12.6. The molecule has 2 aromatic heterocycles. The Morgan fingerprint density at radius 1 is 1.31 bits per heavy atom. The third-order valence-corrected chi connectivity index (χ3v) is 4.67. The van der Waals surface area contributed by atoms with Gasteiger partial charge in [-0.1, -0.05) is 0 Å². The van der Waals surface area contributed by atoms with Crippen LogP contribution in [0.3, 0.4) is 0 Å². The van der Waals surface area contributed by atoms with E-state index in [1.807, 2.05) is 26.3 Å². The number of carbonyl (C=O) groups is 1. The van der Waals surface area contributed by atoms with Gasteiger partial charge in [0, 0.05) is 18.0 Å². The molecule has 1 amide bonds. The molecule has 0 spiro atoms. The molecule has 0 saturated heterocycles. The predicted octanol–water partition coefficient (Wildman–Crippen LogP) is 3.33. The van der Waals surface area contributed by atoms with Crippen molar-refractivity contribution < 1.29 is 14.3 Å². The lowest BCUT2D eigenvalue weighted by molar-refractivity contribution is 0.102. The van der Waals surface area contributed by atoms with Crippen LogP contribution in [0.4, 0.5) is 5.69 Å². The highest BCUT2D eigenvalue weighted by molar-refractivity contribution is 7.07. The van der Waals surface area contributed by atoms with Crippen LogP contribution in [-0.2, 0) is 13.7 Å². The number of carbonyl (C=O) groups excluding carboxylic acids is 1. The first kappa shape index (κ1) is 17.9. The number of thiazole rings is 1. The van der Waals surface area contributed by atoms with E-state index in [9.17, 15) is 4.79 Å². The monoisotopic (exact) mass is 372 g/mol. The number of nitrogens with one attached hydrogen (secondary N) is 1. The van der Waals surface area contributed by atoms with Crippen molar-refractivity contribution in [2.45, 2.75) is 20.5 Å². The summed E-state index contributed by atoms with van der Waals surface area (Å²) in [5.74, 6) is 0.826. The van der Waals surface area contributed by atoms with Gasteiger partial charge in [-0.15, -0.1) is 11.3 Å². The lowest BCUT2D eigenvalue weighted by atomic mass is 10.1. The summed E-state index contributed by atoms with van der Waals surface area (Å²) in [4.78, 5) is 16.8. The minimum Gasteiger partial charge on any atom is -0.493 e. The Hall–Kier alpha value is -2.87. The smallest absolute Gasteiger partial charge is 0.255 e. The van der Waals surface area contributed by atoms with Gasteiger partial charge in [0.1, 0.15) is 6.61 Å². The molecule has 136 valence electrons. The van der Waals surface area contributed by atoms with Gasteiger partial charge in [0.05, 0.1) is 35.4 Å². The predicted molar refractivity (Wildman–Crippen MR) is 100 cm³/mol. The van der Waals surface area contributed by atoms with Crippen LogP contribution in [0.15, 0.2) is 29.1 Å². The van der Waals surface area contributed by atoms with Gasteiger partial charge >= 0.3 is 0 Å². The van der Waals surface area contributed by atoms with Crippen molar-refractivity contribution in [1.82, 2.24) is 14.8 Å². The van der Waals surface area contributed by atoms with Gasteiger partial charge in [-0.25, -0.2) is 4.98 Å². The van der Waals surface area contributed by atoms with E-state index in [4.69, 9.17) is 9.47 Å². The number of ether oxygens (including phenoxy) is 2. The molecule has 8 heteroatoms. The highest BCUT2D eigenvalue weighted by atomic mass is 32.1. The molecule has 0 fully saturated rings. The summed E-state index contributed by atoms with van der Waals surface area (Å²) < 4.78 is 12.8. The third-order valence-electron chi connectivity index (χ3n) is 4.03. The van der Waals surface area contributed by atoms with Gasteiger partial charge in [0.15, 0.2) is 11.5 Å². The number of hydrogen-bond donors (Lipinski definition) is 1. The summed E-state index contributed by atoms with van der Waals surface area (Å²) in [5, 5.41) is 9.14. The lowest BCUT2D eigenvalue weighted by Gasteiger charge is -2.12. The molecular formula is C18H20N4O3S. The van der Waals surface area contributed by atoms with Crippen LogP contribution in [0.25, 0.3) is 0 Å². The van der Waals surface area contributed by atoms with E-state index >= 15 is 0 Å². The molecule has 7 nitrogen and oxygen atoms in total. The first-order valence-corrected chi connectivity index (χ1v) is 8.93. The molecule has 0 aliphatic heterocycles. The van der Waals surface area contributed by atoms with Crippen LogP contribution >= 0.6 is 11.3 Å². The molecule has 0 unspecified atom stereocenters. The topological polar surface area (TPSA) is 78.3 Å². The summed E-state index contributed by atoms with van der Waals surface area (Å²) in [6.07, 6.45) is 0. The zero-order valence-corrected chi connectivity index (χ0v) is 15.9. The van der Waals surface area contributed by atoms with Crippen molar-refractivity contribution >= 4 is 22.9 Å². The van der Waals surface area contributed by atoms with Crippen molar-refractivity contribution in [1.29, 1.82) is 0 Å². The minimum atomic E-state index is -0.228. The van der Waals surface area contributed by atoms with Crippen molar-refractivity contribution in [3.8, 4) is 11.5 Å². The Morgan fingerprint density at radius 3 is 2.73 bits per heavy atom. The van der Waals surface area contributed by atoms with Gasteiger partial charge in [-0.2, -0.15) is 5.10 Å². The van der Waals surface area contributed by atoms with Gasteiger partial charge in [-0.3, -0.25) is 9.48 Å². The standard InChI is InChI=1S/C18H20N4O3S/c1-11-17(12(2)22(3)21-11)20-18(23)13-5-6-15(16(7-13)24-4)25-8-14-9-26-10-19-14/h5-7,9-10H,8H2,1-4H3,(H,20,23). The number of anilines is 1. The summed E-state index contributed by atoms with van der Waals surface area (Å²) >= 11 is 1.51. The molecule has 1 N–H and O–H groups in total. The van der Waals surface area contributed by atoms with E-state index in [1.165, 1.54) is 11.3 Å². The maximum atomic E-state index is 12.6. The summed E-state index contributed by atoms with van der Waals surface area (Å²) in [6, 6.07) is 5.09. The number of aromatic nitrogens is 3. The van der Waals surface area contributed by atoms with Crippen molar-refractivity contribution in [3.63, 3.8) is 0 Å². The molecule has 0 radical (unpaired) electrons. The van der Waals surface area contributed by atoms with E-state index < -0.39 is 0 Å². The second-order valence-electron chi connectivity index (χ2n) is 5.76. The normalized spacial score (nSPS) is 10.6. The molecule has 0 bridgehead atoms. The second-order valence-corrected chi connectivity index (χ2v) is 6.48. The van der Waals surface area contributed by atoms with Gasteiger partial charge in [0.25, 0.3) is 5.91 Å².